The fourth-order valence-electron chi connectivity index (χ4n) is 9.48. The lowest BCUT2D eigenvalue weighted by molar-refractivity contribution is -0.526. The Morgan fingerprint density at radius 2 is 1.59 bits per heavy atom. The van der Waals surface area contributed by atoms with Gasteiger partial charge in [0.2, 0.25) is 11.9 Å². The number of carbonyl (C=O) groups excluding carboxylic acids is 2. The van der Waals surface area contributed by atoms with Gasteiger partial charge in [-0.1, -0.05) is 24.3 Å². The van der Waals surface area contributed by atoms with Gasteiger partial charge in [-0.2, -0.15) is 5.10 Å². The third kappa shape index (κ3) is 10.3. The van der Waals surface area contributed by atoms with Crippen molar-refractivity contribution in [3.05, 3.63) is 99.6 Å². The van der Waals surface area contributed by atoms with Crippen LogP contribution < -0.4 is 14.4 Å². The molecule has 0 radical (unpaired) electrons. The number of aromatic nitrogens is 5. The van der Waals surface area contributed by atoms with Crippen molar-refractivity contribution in [3.8, 4) is 28.3 Å². The van der Waals surface area contributed by atoms with Crippen molar-refractivity contribution in [1.29, 1.82) is 0 Å². The average molecular weight is 949 g/mol. The normalized spacial score (nSPS) is 16.9. The molecule has 19 heteroatoms. The van der Waals surface area contributed by atoms with Crippen LogP contribution in [0.2, 0.25) is 0 Å². The fraction of sp³-hybridized carbons (Fsp3) is 0.440. The summed E-state index contributed by atoms with van der Waals surface area (Å²) in [5.41, 5.74) is 4.78. The van der Waals surface area contributed by atoms with Crippen LogP contribution in [0.1, 0.15) is 82.3 Å². The van der Waals surface area contributed by atoms with Crippen LogP contribution in [0.25, 0.3) is 38.8 Å². The zero-order valence-corrected chi connectivity index (χ0v) is 40.2. The lowest BCUT2D eigenvalue weighted by atomic mass is 9.90. The third-order valence-electron chi connectivity index (χ3n) is 13.1. The zero-order chi connectivity index (χ0) is 49.3. The average Bonchev–Trinajstić information content (AvgIpc) is 3.76. The number of nitro groups is 1. The summed E-state index contributed by atoms with van der Waals surface area (Å²) in [6.45, 7) is 12.3. The molecule has 1 saturated carbocycles. The van der Waals surface area contributed by atoms with Gasteiger partial charge in [-0.3, -0.25) is 29.7 Å². The summed E-state index contributed by atoms with van der Waals surface area (Å²) in [6.07, 6.45) is 1.74. The van der Waals surface area contributed by atoms with Crippen LogP contribution in [0.3, 0.4) is 0 Å². The van der Waals surface area contributed by atoms with E-state index in [4.69, 9.17) is 24.3 Å². The Balaban J connectivity index is 1.16. The molecule has 6 aromatic rings. The van der Waals surface area contributed by atoms with Crippen molar-refractivity contribution in [1.82, 2.24) is 39.4 Å². The number of rotatable bonds is 13. The lowest BCUT2D eigenvalue weighted by Gasteiger charge is -2.34. The van der Waals surface area contributed by atoms with E-state index in [2.05, 4.69) is 19.8 Å². The zero-order valence-electron chi connectivity index (χ0n) is 40.2. The number of alkyl halides is 2. The fourth-order valence-corrected chi connectivity index (χ4v) is 9.48. The first kappa shape index (κ1) is 48.6. The molecule has 69 heavy (non-hydrogen) atoms. The molecule has 2 fully saturated rings. The largest absolute Gasteiger partial charge is 0.496 e. The second-order valence-electron chi connectivity index (χ2n) is 18.8. The van der Waals surface area contributed by atoms with E-state index in [1.54, 1.807) is 72.5 Å². The predicted octanol–water partition coefficient (Wildman–Crippen LogP) is 9.05. The highest BCUT2D eigenvalue weighted by molar-refractivity contribution is 6.05. The van der Waals surface area contributed by atoms with E-state index in [0.717, 1.165) is 40.7 Å². The van der Waals surface area contributed by atoms with Crippen LogP contribution in [0.5, 0.6) is 11.5 Å². The number of hydrogen-bond donors (Lipinski definition) is 0. The van der Waals surface area contributed by atoms with Crippen molar-refractivity contribution in [2.24, 2.45) is 0 Å². The second kappa shape index (κ2) is 20.0. The van der Waals surface area contributed by atoms with E-state index in [0.29, 0.717) is 85.9 Å². The summed E-state index contributed by atoms with van der Waals surface area (Å²) >= 11 is 0. The Kier molecular flexibility index (Phi) is 14.1. The molecule has 0 bridgehead atoms. The van der Waals surface area contributed by atoms with E-state index < -0.39 is 30.0 Å². The van der Waals surface area contributed by atoms with Gasteiger partial charge in [-0.25, -0.2) is 33.1 Å². The number of amides is 2. The van der Waals surface area contributed by atoms with E-state index in [9.17, 15) is 28.5 Å². The third-order valence-corrected chi connectivity index (χ3v) is 13.1. The minimum Gasteiger partial charge on any atom is -0.496 e. The molecule has 1 aliphatic heterocycles. The van der Waals surface area contributed by atoms with Gasteiger partial charge in [-0.15, -0.1) is 0 Å². The molecule has 0 spiro atoms. The number of ether oxygens (including phenoxy) is 3. The van der Waals surface area contributed by atoms with Gasteiger partial charge in [0.25, 0.3) is 6.43 Å². The Morgan fingerprint density at radius 1 is 0.928 bits per heavy atom. The summed E-state index contributed by atoms with van der Waals surface area (Å²) in [4.78, 5) is 58.2. The van der Waals surface area contributed by atoms with Gasteiger partial charge >= 0.3 is 6.09 Å². The summed E-state index contributed by atoms with van der Waals surface area (Å²) in [5, 5.41) is 17.0. The van der Waals surface area contributed by atoms with Crippen LogP contribution in [-0.2, 0) is 22.6 Å². The number of hydrogen-bond acceptors (Lipinski definition) is 13. The van der Waals surface area contributed by atoms with Gasteiger partial charge in [0.05, 0.1) is 48.4 Å². The van der Waals surface area contributed by atoms with Gasteiger partial charge < -0.3 is 19.1 Å². The summed E-state index contributed by atoms with van der Waals surface area (Å²) in [5.74, 6) is 0.375. The van der Waals surface area contributed by atoms with Gasteiger partial charge in [-0.05, 0) is 88.0 Å². The molecule has 0 atom stereocenters. The molecule has 1 aliphatic carbocycles. The maximum atomic E-state index is 14.8. The number of halogens is 2. The highest BCUT2D eigenvalue weighted by atomic mass is 19.3. The van der Waals surface area contributed by atoms with Crippen LogP contribution in [0.15, 0.2) is 67.0 Å². The molecule has 4 heterocycles. The van der Waals surface area contributed by atoms with Crippen LogP contribution >= 0.6 is 0 Å². The number of piperazine rings is 1. The molecule has 3 aromatic heterocycles. The minimum absolute atomic E-state index is 0.0676. The quantitative estimate of drug-likeness (QED) is 0.0793. The van der Waals surface area contributed by atoms with Gasteiger partial charge in [0.1, 0.15) is 22.6 Å². The topological polar surface area (TPSA) is 174 Å². The van der Waals surface area contributed by atoms with Gasteiger partial charge in [0.15, 0.2) is 11.6 Å². The molecule has 0 N–H and O–H groups in total. The minimum atomic E-state index is -3.08. The van der Waals surface area contributed by atoms with E-state index in [-0.39, 0.29) is 33.7 Å². The molecular weight excluding hydrogens is 891 g/mol. The van der Waals surface area contributed by atoms with Crippen LogP contribution in [0, 0.1) is 17.0 Å². The highest BCUT2D eigenvalue weighted by Crippen LogP contribution is 2.41. The number of nitrogens with zero attached hydrogens (tertiary/aromatic N) is 10. The first-order chi connectivity index (χ1) is 32.9. The summed E-state index contributed by atoms with van der Waals surface area (Å²) < 4.78 is 49.2. The molecule has 8 rings (SSSR count). The molecular formula is C50H58F2N10O7. The molecule has 2 amide bonds. The Morgan fingerprint density at radius 3 is 2.22 bits per heavy atom. The van der Waals surface area contributed by atoms with E-state index in [1.165, 1.54) is 4.90 Å². The molecule has 17 nitrogen and oxygen atoms in total. The second-order valence-corrected chi connectivity index (χ2v) is 18.8. The summed E-state index contributed by atoms with van der Waals surface area (Å²) in [6, 6.07) is 16.3. The number of benzene rings is 3. The maximum absolute atomic E-state index is 14.8. The SMILES string of the molecule is COc1cc(-n2ncc3c(-c4cccc(N(C(=O)OC(C)(C)C)c5nc(C(F)F)nc6cc(CN(C)C7CCC([N+](=O)[O-])CC7)cnc56)c4C)cccc32)cc(OC)c1CN1CCN(C(C)=O)CC1. The maximum Gasteiger partial charge on any atom is 0.420 e. The predicted molar refractivity (Wildman–Crippen MR) is 257 cm³/mol. The highest BCUT2D eigenvalue weighted by Gasteiger charge is 2.33. The Labute approximate surface area is 399 Å². The molecule has 3 aromatic carbocycles. The van der Waals surface area contributed by atoms with E-state index >= 15 is 0 Å². The first-order valence-corrected chi connectivity index (χ1v) is 23.1. The van der Waals surface area contributed by atoms with E-state index in [1.807, 2.05) is 60.0 Å². The number of methoxy groups -OCH3 is 2. The molecule has 364 valence electrons. The van der Waals surface area contributed by atoms with Crippen molar-refractivity contribution in [3.63, 3.8) is 0 Å². The lowest BCUT2D eigenvalue weighted by Crippen LogP contribution is -2.47. The molecule has 2 aliphatic rings. The Bertz CT molecular complexity index is 2860. The number of carbonyl (C=O) groups is 2. The smallest absolute Gasteiger partial charge is 0.420 e. The summed E-state index contributed by atoms with van der Waals surface area (Å²) in [7, 11) is 5.17. The standard InChI is InChI=1S/C50H58F2N10O7/c1-30-36(37-12-10-14-42-38(37)27-54-61(42)35-24-43(67-7)39(44(25-35)68-8)29-58-19-21-59(22-20-58)31(2)63)11-9-13-41(30)60(49(64)69-50(3,4)5)48-45-40(55-47(56-48)46(51)52)23-32(26-53-45)28-57(6)33-15-17-34(18-16-33)62(65)66/h9-14,23-27,33-34,46H,15-22,28-29H2,1-8H3. The number of anilines is 2. The van der Waals surface area contributed by atoms with Crippen molar-refractivity contribution in [2.75, 3.05) is 52.3 Å². The van der Waals surface area contributed by atoms with Crippen molar-refractivity contribution < 1.29 is 37.5 Å². The first-order valence-electron chi connectivity index (χ1n) is 23.1. The van der Waals surface area contributed by atoms with Gasteiger partial charge in [0, 0.05) is 93.7 Å². The van der Waals surface area contributed by atoms with Crippen molar-refractivity contribution >= 4 is 45.4 Å². The molecule has 1 saturated heterocycles. The number of fused-ring (bicyclic) bond motifs is 2. The monoisotopic (exact) mass is 948 g/mol. The van der Waals surface area contributed by atoms with Crippen molar-refractivity contribution in [2.45, 2.75) is 97.5 Å². The Hall–Kier alpha value is -6.86. The molecule has 0 unspecified atom stereocenters. The number of pyridine rings is 1. The van der Waals surface area contributed by atoms with Crippen LogP contribution in [-0.4, -0.2) is 121 Å². The van der Waals surface area contributed by atoms with Crippen LogP contribution in [0.4, 0.5) is 25.1 Å².